The number of hydrogen-bond acceptors (Lipinski definition) is 3. The van der Waals surface area contributed by atoms with E-state index < -0.39 is 0 Å². The number of pyridine rings is 1. The van der Waals surface area contributed by atoms with Crippen LogP contribution >= 0.6 is 0 Å². The highest BCUT2D eigenvalue weighted by atomic mass is 16.5. The first kappa shape index (κ1) is 11.8. The van der Waals surface area contributed by atoms with E-state index in [2.05, 4.69) is 31.1 Å². The molecule has 0 aliphatic carbocycles. The predicted molar refractivity (Wildman–Crippen MR) is 63.4 cm³/mol. The van der Waals surface area contributed by atoms with Crippen molar-refractivity contribution < 1.29 is 4.74 Å². The fraction of sp³-hybridized carbons (Fsp3) is 0.583. The Morgan fingerprint density at radius 3 is 2.40 bits per heavy atom. The number of hydrogen-bond donors (Lipinski definition) is 1. The molecule has 0 fully saturated rings. The van der Waals surface area contributed by atoms with E-state index in [0.717, 1.165) is 24.4 Å². The van der Waals surface area contributed by atoms with Crippen LogP contribution in [-0.2, 0) is 0 Å². The van der Waals surface area contributed by atoms with E-state index in [1.165, 1.54) is 0 Å². The second kappa shape index (κ2) is 5.01. The largest absolute Gasteiger partial charge is 0.495 e. The molecular weight excluding hydrogens is 188 g/mol. The number of aromatic nitrogens is 1. The zero-order valence-corrected chi connectivity index (χ0v) is 10.0. The molecule has 0 spiro atoms. The lowest BCUT2D eigenvalue weighted by atomic mass is 9.96. The van der Waals surface area contributed by atoms with Crippen LogP contribution < -0.4 is 10.1 Å². The van der Waals surface area contributed by atoms with Crippen molar-refractivity contribution in [3.63, 3.8) is 0 Å². The minimum Gasteiger partial charge on any atom is -0.495 e. The monoisotopic (exact) mass is 208 g/mol. The Kier molecular flexibility index (Phi) is 3.95. The van der Waals surface area contributed by atoms with Gasteiger partial charge in [0.1, 0.15) is 11.6 Å². The van der Waals surface area contributed by atoms with Crippen LogP contribution in [0.1, 0.15) is 33.6 Å². The maximum atomic E-state index is 5.06. The van der Waals surface area contributed by atoms with Crippen LogP contribution in [0.2, 0.25) is 0 Å². The summed E-state index contributed by atoms with van der Waals surface area (Å²) in [4.78, 5) is 4.29. The molecule has 3 nitrogen and oxygen atoms in total. The molecule has 0 amide bonds. The van der Waals surface area contributed by atoms with E-state index in [1.807, 2.05) is 12.1 Å². The topological polar surface area (TPSA) is 34.1 Å². The number of ether oxygens (including phenoxy) is 1. The molecule has 84 valence electrons. The van der Waals surface area contributed by atoms with Crippen LogP contribution in [-0.4, -0.2) is 17.6 Å². The lowest BCUT2D eigenvalue weighted by Gasteiger charge is -2.28. The summed E-state index contributed by atoms with van der Waals surface area (Å²) in [5.74, 6) is 1.69. The molecule has 0 aromatic carbocycles. The van der Waals surface area contributed by atoms with Crippen LogP contribution in [0, 0.1) is 0 Å². The SMILES string of the molecule is CCC(C)(CC)Nc1ccc(OC)cn1. The van der Waals surface area contributed by atoms with Gasteiger partial charge < -0.3 is 10.1 Å². The van der Waals surface area contributed by atoms with Gasteiger partial charge >= 0.3 is 0 Å². The van der Waals surface area contributed by atoms with Crippen molar-refractivity contribution in [2.45, 2.75) is 39.2 Å². The molecule has 3 heteroatoms. The van der Waals surface area contributed by atoms with Gasteiger partial charge in [-0.25, -0.2) is 4.98 Å². The highest BCUT2D eigenvalue weighted by molar-refractivity contribution is 5.39. The Hall–Kier alpha value is -1.25. The maximum absolute atomic E-state index is 5.06. The van der Waals surface area contributed by atoms with Gasteiger partial charge in [0, 0.05) is 5.54 Å². The average molecular weight is 208 g/mol. The van der Waals surface area contributed by atoms with E-state index in [4.69, 9.17) is 4.74 Å². The summed E-state index contributed by atoms with van der Waals surface area (Å²) < 4.78 is 5.06. The lowest BCUT2D eigenvalue weighted by Crippen LogP contribution is -2.33. The fourth-order valence-electron chi connectivity index (χ4n) is 1.31. The molecule has 1 N–H and O–H groups in total. The molecule has 0 unspecified atom stereocenters. The number of nitrogens with one attached hydrogen (secondary N) is 1. The van der Waals surface area contributed by atoms with E-state index in [-0.39, 0.29) is 5.54 Å². The quantitative estimate of drug-likeness (QED) is 0.807. The molecule has 1 aromatic heterocycles. The molecule has 1 aromatic rings. The van der Waals surface area contributed by atoms with Gasteiger partial charge in [-0.1, -0.05) is 13.8 Å². The van der Waals surface area contributed by atoms with Gasteiger partial charge in [0.2, 0.25) is 0 Å². The van der Waals surface area contributed by atoms with E-state index in [9.17, 15) is 0 Å². The minimum atomic E-state index is 0.127. The van der Waals surface area contributed by atoms with Gasteiger partial charge in [-0.2, -0.15) is 0 Å². The Morgan fingerprint density at radius 2 is 2.00 bits per heavy atom. The number of anilines is 1. The van der Waals surface area contributed by atoms with Gasteiger partial charge in [-0.3, -0.25) is 0 Å². The van der Waals surface area contributed by atoms with Crippen molar-refractivity contribution >= 4 is 5.82 Å². The van der Waals surface area contributed by atoms with Gasteiger partial charge in [0.05, 0.1) is 13.3 Å². The summed E-state index contributed by atoms with van der Waals surface area (Å²) in [7, 11) is 1.65. The van der Waals surface area contributed by atoms with Gasteiger partial charge in [-0.15, -0.1) is 0 Å². The molecule has 0 atom stereocenters. The molecule has 0 aliphatic heterocycles. The van der Waals surface area contributed by atoms with Gasteiger partial charge in [0.15, 0.2) is 0 Å². The van der Waals surface area contributed by atoms with Crippen molar-refractivity contribution in [3.05, 3.63) is 18.3 Å². The first-order valence-electron chi connectivity index (χ1n) is 5.41. The van der Waals surface area contributed by atoms with Crippen LogP contribution in [0.25, 0.3) is 0 Å². The van der Waals surface area contributed by atoms with Crippen LogP contribution in [0.3, 0.4) is 0 Å². The number of methoxy groups -OCH3 is 1. The highest BCUT2D eigenvalue weighted by Gasteiger charge is 2.19. The molecule has 0 radical (unpaired) electrons. The molecule has 0 bridgehead atoms. The van der Waals surface area contributed by atoms with Crippen LogP contribution in [0.4, 0.5) is 5.82 Å². The van der Waals surface area contributed by atoms with Crippen molar-refractivity contribution in [3.8, 4) is 5.75 Å². The molecule has 15 heavy (non-hydrogen) atoms. The molecule has 1 heterocycles. The van der Waals surface area contributed by atoms with E-state index in [1.54, 1.807) is 13.3 Å². The third-order valence-electron chi connectivity index (χ3n) is 2.96. The van der Waals surface area contributed by atoms with Crippen molar-refractivity contribution in [2.75, 3.05) is 12.4 Å². The molecule has 0 saturated heterocycles. The molecule has 1 rings (SSSR count). The summed E-state index contributed by atoms with van der Waals surface area (Å²) in [5, 5.41) is 3.44. The standard InChI is InChI=1S/C12H20N2O/c1-5-12(3,6-2)14-11-8-7-10(15-4)9-13-11/h7-9H,5-6H2,1-4H3,(H,13,14). The molecular formula is C12H20N2O. The maximum Gasteiger partial charge on any atom is 0.137 e. The third-order valence-corrected chi connectivity index (χ3v) is 2.96. The molecule has 0 aliphatic rings. The first-order valence-corrected chi connectivity index (χ1v) is 5.41. The minimum absolute atomic E-state index is 0.127. The fourth-order valence-corrected chi connectivity index (χ4v) is 1.31. The van der Waals surface area contributed by atoms with Crippen LogP contribution in [0.15, 0.2) is 18.3 Å². The smallest absolute Gasteiger partial charge is 0.137 e. The van der Waals surface area contributed by atoms with E-state index >= 15 is 0 Å². The Morgan fingerprint density at radius 1 is 1.33 bits per heavy atom. The second-order valence-corrected chi connectivity index (χ2v) is 3.98. The van der Waals surface area contributed by atoms with E-state index in [0.29, 0.717) is 0 Å². The van der Waals surface area contributed by atoms with Gasteiger partial charge in [0.25, 0.3) is 0 Å². The number of rotatable bonds is 5. The second-order valence-electron chi connectivity index (χ2n) is 3.98. The summed E-state index contributed by atoms with van der Waals surface area (Å²) in [6, 6.07) is 3.86. The Balaban J connectivity index is 2.71. The average Bonchev–Trinajstić information content (AvgIpc) is 2.30. The lowest BCUT2D eigenvalue weighted by molar-refractivity contribution is 0.412. The Labute approximate surface area is 91.9 Å². The first-order chi connectivity index (χ1) is 7.13. The summed E-state index contributed by atoms with van der Waals surface area (Å²) in [6.07, 6.45) is 3.89. The summed E-state index contributed by atoms with van der Waals surface area (Å²) >= 11 is 0. The molecule has 0 saturated carbocycles. The van der Waals surface area contributed by atoms with Crippen molar-refractivity contribution in [1.29, 1.82) is 0 Å². The zero-order chi connectivity index (χ0) is 11.3. The predicted octanol–water partition coefficient (Wildman–Crippen LogP) is 3.08. The number of nitrogens with zero attached hydrogens (tertiary/aromatic N) is 1. The summed E-state index contributed by atoms with van der Waals surface area (Å²) in [6.45, 7) is 6.57. The zero-order valence-electron chi connectivity index (χ0n) is 10.0. The normalized spacial score (nSPS) is 11.2. The van der Waals surface area contributed by atoms with Crippen molar-refractivity contribution in [1.82, 2.24) is 4.98 Å². The summed E-state index contributed by atoms with van der Waals surface area (Å²) in [5.41, 5.74) is 0.127. The Bertz CT molecular complexity index is 291. The van der Waals surface area contributed by atoms with Gasteiger partial charge in [-0.05, 0) is 31.9 Å². The van der Waals surface area contributed by atoms with Crippen LogP contribution in [0.5, 0.6) is 5.75 Å². The third kappa shape index (κ3) is 3.11. The highest BCUT2D eigenvalue weighted by Crippen LogP contribution is 2.21. The van der Waals surface area contributed by atoms with Crippen molar-refractivity contribution in [2.24, 2.45) is 0 Å².